The Labute approximate surface area is 175 Å². The van der Waals surface area contributed by atoms with Gasteiger partial charge in [-0.25, -0.2) is 4.79 Å². The Balaban J connectivity index is 1.69. The molecule has 3 rings (SSSR count). The van der Waals surface area contributed by atoms with E-state index in [9.17, 15) is 14.9 Å². The lowest BCUT2D eigenvalue weighted by atomic mass is 10.1. The smallest absolute Gasteiger partial charge is 0.343 e. The van der Waals surface area contributed by atoms with Crippen molar-refractivity contribution in [2.75, 3.05) is 5.32 Å². The molecule has 0 atom stereocenters. The van der Waals surface area contributed by atoms with Crippen molar-refractivity contribution < 1.29 is 14.3 Å². The first kappa shape index (κ1) is 20.6. The van der Waals surface area contributed by atoms with Crippen molar-refractivity contribution >= 4 is 23.6 Å². The number of amides is 1. The number of nitriles is 1. The highest BCUT2D eigenvalue weighted by atomic mass is 16.5. The van der Waals surface area contributed by atoms with Crippen LogP contribution in [-0.2, 0) is 4.79 Å². The maximum absolute atomic E-state index is 12.4. The third-order valence-electron chi connectivity index (χ3n) is 4.45. The summed E-state index contributed by atoms with van der Waals surface area (Å²) in [5, 5.41) is 12.1. The fourth-order valence-electron chi connectivity index (χ4n) is 2.71. The van der Waals surface area contributed by atoms with Crippen LogP contribution in [0, 0.1) is 25.2 Å². The molecule has 0 heterocycles. The van der Waals surface area contributed by atoms with Crippen molar-refractivity contribution in [1.29, 1.82) is 5.26 Å². The third kappa shape index (κ3) is 5.21. The fraction of sp³-hybridized carbons (Fsp3) is 0.0800. The van der Waals surface area contributed by atoms with Crippen molar-refractivity contribution in [2.24, 2.45) is 0 Å². The molecule has 1 N–H and O–H groups in total. The number of esters is 1. The van der Waals surface area contributed by atoms with Gasteiger partial charge in [-0.1, -0.05) is 48.0 Å². The quantitative estimate of drug-likeness (QED) is 0.283. The number of aryl methyl sites for hydroxylation is 2. The van der Waals surface area contributed by atoms with Crippen LogP contribution in [0.25, 0.3) is 6.08 Å². The van der Waals surface area contributed by atoms with Crippen LogP contribution in [0.15, 0.2) is 78.4 Å². The normalized spacial score (nSPS) is 10.8. The van der Waals surface area contributed by atoms with Crippen molar-refractivity contribution in [3.63, 3.8) is 0 Å². The summed E-state index contributed by atoms with van der Waals surface area (Å²) in [4.78, 5) is 24.6. The molecule has 0 unspecified atom stereocenters. The van der Waals surface area contributed by atoms with Gasteiger partial charge in [-0.3, -0.25) is 4.79 Å². The molecule has 30 heavy (non-hydrogen) atoms. The minimum Gasteiger partial charge on any atom is -0.423 e. The summed E-state index contributed by atoms with van der Waals surface area (Å²) in [5.74, 6) is -0.559. The zero-order valence-electron chi connectivity index (χ0n) is 16.7. The number of hydrogen-bond donors (Lipinski definition) is 1. The van der Waals surface area contributed by atoms with Crippen LogP contribution in [0.4, 0.5) is 5.69 Å². The van der Waals surface area contributed by atoms with E-state index in [4.69, 9.17) is 4.74 Å². The SMILES string of the molecule is Cc1ccc(C(=O)Oc2ccc(/C=C(\C#N)C(=O)Nc3ccccc3C)cc2)cc1. The van der Waals surface area contributed by atoms with Gasteiger partial charge >= 0.3 is 5.97 Å². The molecular formula is C25H20N2O3. The van der Waals surface area contributed by atoms with E-state index >= 15 is 0 Å². The number of hydrogen-bond acceptors (Lipinski definition) is 4. The number of carbonyl (C=O) groups is 2. The van der Waals surface area contributed by atoms with Gasteiger partial charge in [-0.2, -0.15) is 5.26 Å². The molecule has 0 spiro atoms. The van der Waals surface area contributed by atoms with E-state index in [1.54, 1.807) is 42.5 Å². The first-order chi connectivity index (χ1) is 14.5. The molecule has 0 aliphatic heterocycles. The predicted molar refractivity (Wildman–Crippen MR) is 116 cm³/mol. The van der Waals surface area contributed by atoms with Gasteiger partial charge in [0.2, 0.25) is 0 Å². The summed E-state index contributed by atoms with van der Waals surface area (Å²) in [6.07, 6.45) is 1.49. The standard InChI is InChI=1S/C25H20N2O3/c1-17-7-11-20(12-8-17)25(29)30-22-13-9-19(10-14-22)15-21(16-26)24(28)27-23-6-4-3-5-18(23)2/h3-15H,1-2H3,(H,27,28)/b21-15+. The minimum absolute atomic E-state index is 0.0253. The first-order valence-electron chi connectivity index (χ1n) is 9.34. The van der Waals surface area contributed by atoms with E-state index in [2.05, 4.69) is 5.32 Å². The van der Waals surface area contributed by atoms with Crippen LogP contribution in [0.3, 0.4) is 0 Å². The molecule has 0 aliphatic rings. The van der Waals surface area contributed by atoms with E-state index in [-0.39, 0.29) is 5.57 Å². The van der Waals surface area contributed by atoms with Crippen LogP contribution in [-0.4, -0.2) is 11.9 Å². The topological polar surface area (TPSA) is 79.2 Å². The summed E-state index contributed by atoms with van der Waals surface area (Å²) in [7, 11) is 0. The van der Waals surface area contributed by atoms with Gasteiger partial charge in [0.15, 0.2) is 0 Å². The Bertz CT molecular complexity index is 1140. The number of anilines is 1. The number of nitrogens with one attached hydrogen (secondary N) is 1. The van der Waals surface area contributed by atoms with E-state index < -0.39 is 11.9 Å². The molecular weight excluding hydrogens is 376 g/mol. The zero-order chi connectivity index (χ0) is 21.5. The van der Waals surface area contributed by atoms with Crippen LogP contribution in [0.2, 0.25) is 0 Å². The van der Waals surface area contributed by atoms with Crippen molar-refractivity contribution in [3.8, 4) is 11.8 Å². The molecule has 0 aliphatic carbocycles. The molecule has 0 radical (unpaired) electrons. The Morgan fingerprint density at radius 1 is 0.933 bits per heavy atom. The zero-order valence-corrected chi connectivity index (χ0v) is 16.7. The minimum atomic E-state index is -0.485. The van der Waals surface area contributed by atoms with Crippen LogP contribution in [0.1, 0.15) is 27.0 Å². The predicted octanol–water partition coefficient (Wildman–Crippen LogP) is 5.07. The largest absolute Gasteiger partial charge is 0.423 e. The number of carbonyl (C=O) groups excluding carboxylic acids is 2. The Morgan fingerprint density at radius 2 is 1.60 bits per heavy atom. The van der Waals surface area contributed by atoms with Crippen LogP contribution in [0.5, 0.6) is 5.75 Å². The number of ether oxygens (including phenoxy) is 1. The van der Waals surface area contributed by atoms with E-state index in [1.807, 2.05) is 50.2 Å². The van der Waals surface area contributed by atoms with Gasteiger partial charge in [0.05, 0.1) is 5.56 Å². The molecule has 5 nitrogen and oxygen atoms in total. The van der Waals surface area contributed by atoms with E-state index in [0.717, 1.165) is 11.1 Å². The van der Waals surface area contributed by atoms with Crippen molar-refractivity contribution in [2.45, 2.75) is 13.8 Å². The highest BCUT2D eigenvalue weighted by molar-refractivity contribution is 6.10. The third-order valence-corrected chi connectivity index (χ3v) is 4.45. The van der Waals surface area contributed by atoms with Crippen LogP contribution < -0.4 is 10.1 Å². The summed E-state index contributed by atoms with van der Waals surface area (Å²) in [6.45, 7) is 3.82. The highest BCUT2D eigenvalue weighted by Crippen LogP contribution is 2.18. The molecule has 1 amide bonds. The summed E-state index contributed by atoms with van der Waals surface area (Å²) in [6, 6.07) is 23.0. The van der Waals surface area contributed by atoms with E-state index in [0.29, 0.717) is 22.6 Å². The van der Waals surface area contributed by atoms with Gasteiger partial charge in [0.1, 0.15) is 17.4 Å². The molecule has 5 heteroatoms. The number of nitrogens with zero attached hydrogens (tertiary/aromatic N) is 1. The lowest BCUT2D eigenvalue weighted by Gasteiger charge is -2.07. The Hall–Kier alpha value is -4.17. The Morgan fingerprint density at radius 3 is 2.23 bits per heavy atom. The second-order valence-electron chi connectivity index (χ2n) is 6.76. The Kier molecular flexibility index (Phi) is 6.41. The van der Waals surface area contributed by atoms with E-state index in [1.165, 1.54) is 6.08 Å². The second kappa shape index (κ2) is 9.35. The first-order valence-corrected chi connectivity index (χ1v) is 9.34. The fourth-order valence-corrected chi connectivity index (χ4v) is 2.71. The summed E-state index contributed by atoms with van der Waals surface area (Å²) < 4.78 is 5.36. The molecule has 3 aromatic carbocycles. The average molecular weight is 396 g/mol. The number of benzene rings is 3. The lowest BCUT2D eigenvalue weighted by molar-refractivity contribution is -0.112. The number of rotatable bonds is 5. The monoisotopic (exact) mass is 396 g/mol. The second-order valence-corrected chi connectivity index (χ2v) is 6.76. The molecule has 0 saturated heterocycles. The van der Waals surface area contributed by atoms with Crippen LogP contribution >= 0.6 is 0 Å². The molecule has 3 aromatic rings. The van der Waals surface area contributed by atoms with Gasteiger partial charge in [-0.15, -0.1) is 0 Å². The van der Waals surface area contributed by atoms with Gasteiger partial charge < -0.3 is 10.1 Å². The highest BCUT2D eigenvalue weighted by Gasteiger charge is 2.11. The van der Waals surface area contributed by atoms with Gasteiger partial charge in [-0.05, 0) is 61.4 Å². The van der Waals surface area contributed by atoms with Gasteiger partial charge in [0, 0.05) is 5.69 Å². The van der Waals surface area contributed by atoms with Crippen molar-refractivity contribution in [1.82, 2.24) is 0 Å². The molecule has 0 saturated carbocycles. The molecule has 0 aromatic heterocycles. The summed E-state index contributed by atoms with van der Waals surface area (Å²) in [5.41, 5.74) is 3.70. The van der Waals surface area contributed by atoms with Gasteiger partial charge in [0.25, 0.3) is 5.91 Å². The summed E-state index contributed by atoms with van der Waals surface area (Å²) >= 11 is 0. The lowest BCUT2D eigenvalue weighted by Crippen LogP contribution is -2.14. The van der Waals surface area contributed by atoms with Crippen molar-refractivity contribution in [3.05, 3.63) is 101 Å². The maximum Gasteiger partial charge on any atom is 0.343 e. The molecule has 148 valence electrons. The average Bonchev–Trinajstić information content (AvgIpc) is 2.75. The maximum atomic E-state index is 12.4. The molecule has 0 bridgehead atoms. The number of para-hydroxylation sites is 1. The molecule has 0 fully saturated rings.